The molecule has 0 heterocycles. The lowest BCUT2D eigenvalue weighted by molar-refractivity contribution is 0.0709. The van der Waals surface area contributed by atoms with Gasteiger partial charge in [-0.15, -0.1) is 0 Å². The molecule has 6 nitrogen and oxygen atoms in total. The largest absolute Gasteiger partial charge is 0.380 e. The predicted molar refractivity (Wildman–Crippen MR) is 83.7 cm³/mol. The molecule has 0 aromatic heterocycles. The Morgan fingerprint density at radius 1 is 1.43 bits per heavy atom. The van der Waals surface area contributed by atoms with Crippen molar-refractivity contribution in [2.45, 2.75) is 18.7 Å². The summed E-state index contributed by atoms with van der Waals surface area (Å²) in [4.78, 5) is 13.8. The van der Waals surface area contributed by atoms with E-state index >= 15 is 0 Å². The molecule has 0 aliphatic heterocycles. The molecule has 0 unspecified atom stereocenters. The molecule has 1 aromatic carbocycles. The molecule has 0 spiro atoms. The lowest BCUT2D eigenvalue weighted by Gasteiger charge is -2.19. The summed E-state index contributed by atoms with van der Waals surface area (Å²) < 4.78 is 28.8. The van der Waals surface area contributed by atoms with Crippen LogP contribution in [0, 0.1) is 6.92 Å². The molecule has 1 amide bonds. The van der Waals surface area contributed by atoms with Crippen molar-refractivity contribution in [2.24, 2.45) is 5.14 Å². The van der Waals surface area contributed by atoms with E-state index in [9.17, 15) is 13.2 Å². The first-order valence-electron chi connectivity index (χ1n) is 6.34. The van der Waals surface area contributed by atoms with Gasteiger partial charge in [0.15, 0.2) is 0 Å². The second-order valence-electron chi connectivity index (χ2n) is 4.55. The van der Waals surface area contributed by atoms with Gasteiger partial charge in [0.25, 0.3) is 5.91 Å². The van der Waals surface area contributed by atoms with Gasteiger partial charge < -0.3 is 9.64 Å². The molecule has 0 aliphatic carbocycles. The number of nitrogens with two attached hydrogens (primary N) is 1. The maximum atomic E-state index is 12.4. The molecule has 0 saturated carbocycles. The number of carbonyl (C=O) groups excluding carboxylic acids is 1. The Labute approximate surface area is 133 Å². The third kappa shape index (κ3) is 4.77. The lowest BCUT2D eigenvalue weighted by Crippen LogP contribution is -2.31. The fourth-order valence-electron chi connectivity index (χ4n) is 1.82. The number of amides is 1. The summed E-state index contributed by atoms with van der Waals surface area (Å²) in [7, 11) is -2.25. The maximum Gasteiger partial charge on any atom is 0.254 e. The number of hydrogen-bond acceptors (Lipinski definition) is 4. The Kier molecular flexibility index (Phi) is 6.33. The van der Waals surface area contributed by atoms with Crippen LogP contribution in [0.3, 0.4) is 0 Å². The van der Waals surface area contributed by atoms with Crippen LogP contribution in [0.2, 0.25) is 0 Å². The van der Waals surface area contributed by atoms with Gasteiger partial charge in [0.1, 0.15) is 0 Å². The SMILES string of the molecule is CCOCCN(C)C(=O)c1cc(Br)cc(S(N)(=O)=O)c1C. The Morgan fingerprint density at radius 2 is 2.05 bits per heavy atom. The molecule has 0 radical (unpaired) electrons. The van der Waals surface area contributed by atoms with E-state index in [-0.39, 0.29) is 10.8 Å². The molecule has 21 heavy (non-hydrogen) atoms. The number of benzene rings is 1. The van der Waals surface area contributed by atoms with Crippen molar-refractivity contribution in [1.29, 1.82) is 0 Å². The molecule has 1 aromatic rings. The number of hydrogen-bond donors (Lipinski definition) is 1. The summed E-state index contributed by atoms with van der Waals surface area (Å²) >= 11 is 3.21. The first kappa shape index (κ1) is 18.1. The minimum Gasteiger partial charge on any atom is -0.380 e. The molecule has 118 valence electrons. The quantitative estimate of drug-likeness (QED) is 0.759. The number of likely N-dealkylation sites (N-methyl/N-ethyl adjacent to an activating group) is 1. The third-order valence-electron chi connectivity index (χ3n) is 2.98. The zero-order chi connectivity index (χ0) is 16.2. The summed E-state index contributed by atoms with van der Waals surface area (Å²) in [5.74, 6) is -0.279. The highest BCUT2D eigenvalue weighted by Gasteiger charge is 2.21. The second-order valence-corrected chi connectivity index (χ2v) is 6.99. The highest BCUT2D eigenvalue weighted by Crippen LogP contribution is 2.24. The van der Waals surface area contributed by atoms with E-state index in [2.05, 4.69) is 15.9 Å². The number of primary sulfonamides is 1. The van der Waals surface area contributed by atoms with Gasteiger partial charge in [-0.05, 0) is 31.5 Å². The van der Waals surface area contributed by atoms with E-state index in [1.54, 1.807) is 20.0 Å². The summed E-state index contributed by atoms with van der Waals surface area (Å²) in [5, 5.41) is 5.18. The van der Waals surface area contributed by atoms with Crippen molar-refractivity contribution >= 4 is 31.9 Å². The second kappa shape index (κ2) is 7.35. The fraction of sp³-hybridized carbons (Fsp3) is 0.462. The van der Waals surface area contributed by atoms with Crippen LogP contribution in [0.25, 0.3) is 0 Å². The average molecular weight is 379 g/mol. The summed E-state index contributed by atoms with van der Waals surface area (Å²) in [5.41, 5.74) is 0.640. The molecule has 8 heteroatoms. The summed E-state index contributed by atoms with van der Waals surface area (Å²) in [6, 6.07) is 2.98. The van der Waals surface area contributed by atoms with Gasteiger partial charge in [0.2, 0.25) is 10.0 Å². The van der Waals surface area contributed by atoms with Crippen LogP contribution in [0.15, 0.2) is 21.5 Å². The minimum atomic E-state index is -3.88. The van der Waals surface area contributed by atoms with Crippen LogP contribution in [-0.4, -0.2) is 46.0 Å². The normalized spacial score (nSPS) is 11.5. The van der Waals surface area contributed by atoms with Gasteiger partial charge in [0.05, 0.1) is 11.5 Å². The number of nitrogens with zero attached hydrogens (tertiary/aromatic N) is 1. The molecule has 1 rings (SSSR count). The Bertz CT molecular complexity index is 631. The fourth-order valence-corrected chi connectivity index (χ4v) is 3.26. The van der Waals surface area contributed by atoms with Crippen molar-refractivity contribution in [3.63, 3.8) is 0 Å². The van der Waals surface area contributed by atoms with Crippen LogP contribution in [-0.2, 0) is 14.8 Å². The van der Waals surface area contributed by atoms with Crippen LogP contribution in [0.5, 0.6) is 0 Å². The molecule has 0 bridgehead atoms. The number of carbonyl (C=O) groups is 1. The lowest BCUT2D eigenvalue weighted by atomic mass is 10.1. The van der Waals surface area contributed by atoms with Crippen LogP contribution < -0.4 is 5.14 Å². The molecular formula is C13H19BrN2O4S. The van der Waals surface area contributed by atoms with Crippen LogP contribution in [0.4, 0.5) is 0 Å². The predicted octanol–water partition coefficient (Wildman–Crippen LogP) is 1.51. The first-order chi connectivity index (χ1) is 9.68. The topological polar surface area (TPSA) is 89.7 Å². The summed E-state index contributed by atoms with van der Waals surface area (Å²) in [6.45, 7) is 4.86. The highest BCUT2D eigenvalue weighted by atomic mass is 79.9. The van der Waals surface area contributed by atoms with Gasteiger partial charge in [0, 0.05) is 30.2 Å². The maximum absolute atomic E-state index is 12.4. The average Bonchev–Trinajstić information content (AvgIpc) is 2.39. The van der Waals surface area contributed by atoms with Gasteiger partial charge in [-0.2, -0.15) is 0 Å². The molecule has 0 saturated heterocycles. The number of halogens is 1. The van der Waals surface area contributed by atoms with Crippen LogP contribution >= 0.6 is 15.9 Å². The van der Waals surface area contributed by atoms with E-state index in [0.717, 1.165) is 0 Å². The third-order valence-corrected chi connectivity index (χ3v) is 4.48. The zero-order valence-electron chi connectivity index (χ0n) is 12.2. The van der Waals surface area contributed by atoms with Gasteiger partial charge in [-0.25, -0.2) is 13.6 Å². The number of sulfonamides is 1. The van der Waals surface area contributed by atoms with Crippen molar-refractivity contribution in [1.82, 2.24) is 4.90 Å². The van der Waals surface area contributed by atoms with Crippen LogP contribution in [0.1, 0.15) is 22.8 Å². The van der Waals surface area contributed by atoms with Crippen molar-refractivity contribution < 1.29 is 17.9 Å². The molecule has 0 aliphatic rings. The van der Waals surface area contributed by atoms with E-state index in [4.69, 9.17) is 9.88 Å². The molecule has 0 fully saturated rings. The van der Waals surface area contributed by atoms with Crippen molar-refractivity contribution in [2.75, 3.05) is 26.8 Å². The first-order valence-corrected chi connectivity index (χ1v) is 8.68. The number of ether oxygens (including phenoxy) is 1. The Morgan fingerprint density at radius 3 is 2.57 bits per heavy atom. The molecule has 0 atom stereocenters. The van der Waals surface area contributed by atoms with Gasteiger partial charge in [-0.3, -0.25) is 4.79 Å². The standard InChI is InChI=1S/C13H19BrN2O4S/c1-4-20-6-5-16(3)13(17)11-7-10(14)8-12(9(11)2)21(15,18)19/h7-8H,4-6H2,1-3H3,(H2,15,18,19). The summed E-state index contributed by atoms with van der Waals surface area (Å²) in [6.07, 6.45) is 0. The van der Waals surface area contributed by atoms with Crippen molar-refractivity contribution in [3.8, 4) is 0 Å². The number of rotatable bonds is 6. The Balaban J connectivity index is 3.13. The monoisotopic (exact) mass is 378 g/mol. The highest BCUT2D eigenvalue weighted by molar-refractivity contribution is 9.10. The van der Waals surface area contributed by atoms with E-state index in [1.807, 2.05) is 6.92 Å². The molecular weight excluding hydrogens is 360 g/mol. The van der Waals surface area contributed by atoms with E-state index in [0.29, 0.717) is 35.4 Å². The van der Waals surface area contributed by atoms with Crippen molar-refractivity contribution in [3.05, 3.63) is 27.7 Å². The Hall–Kier alpha value is -0.960. The minimum absolute atomic E-state index is 0.0570. The van der Waals surface area contributed by atoms with Gasteiger partial charge >= 0.3 is 0 Å². The molecule has 2 N–H and O–H groups in total. The van der Waals surface area contributed by atoms with E-state index < -0.39 is 10.0 Å². The van der Waals surface area contributed by atoms with Gasteiger partial charge in [-0.1, -0.05) is 15.9 Å². The smallest absolute Gasteiger partial charge is 0.254 e. The zero-order valence-corrected chi connectivity index (χ0v) is 14.6. The van der Waals surface area contributed by atoms with E-state index in [1.165, 1.54) is 11.0 Å².